The minimum atomic E-state index is 0.170. The number of hydrogen-bond acceptors (Lipinski definition) is 4. The van der Waals surface area contributed by atoms with Crippen LogP contribution < -0.4 is 4.74 Å². The summed E-state index contributed by atoms with van der Waals surface area (Å²) in [5.41, 5.74) is 4.10. The number of rotatable bonds is 8. The van der Waals surface area contributed by atoms with Gasteiger partial charge in [0, 0.05) is 38.6 Å². The summed E-state index contributed by atoms with van der Waals surface area (Å²) in [5.74, 6) is 1.74. The molecule has 4 rings (SSSR count). The number of hydrogen-bond donors (Lipinski definition) is 1. The number of benzene rings is 2. The highest BCUT2D eigenvalue weighted by atomic mass is 16.5. The molecule has 0 spiro atoms. The van der Waals surface area contributed by atoms with Gasteiger partial charge in [0.2, 0.25) is 0 Å². The van der Waals surface area contributed by atoms with E-state index in [0.717, 1.165) is 31.0 Å². The summed E-state index contributed by atoms with van der Waals surface area (Å²) in [6, 6.07) is 17.4. The Morgan fingerprint density at radius 3 is 2.76 bits per heavy atom. The zero-order valence-corrected chi connectivity index (χ0v) is 17.0. The molecule has 0 aliphatic heterocycles. The van der Waals surface area contributed by atoms with Gasteiger partial charge < -0.3 is 14.4 Å². The van der Waals surface area contributed by atoms with Crippen LogP contribution >= 0.6 is 0 Å². The SMILES string of the molecule is Cn1ccnc1COc1ccc(CN(CCO)[C@@H]2CCCc3ccccc32)cc1. The zero-order valence-electron chi connectivity index (χ0n) is 17.0. The number of aliphatic hydroxyl groups is 1. The second-order valence-electron chi connectivity index (χ2n) is 7.69. The van der Waals surface area contributed by atoms with Crippen molar-refractivity contribution >= 4 is 0 Å². The van der Waals surface area contributed by atoms with Crippen molar-refractivity contribution in [3.63, 3.8) is 0 Å². The molecule has 0 fully saturated rings. The fourth-order valence-corrected chi connectivity index (χ4v) is 4.19. The van der Waals surface area contributed by atoms with Crippen molar-refractivity contribution < 1.29 is 9.84 Å². The van der Waals surface area contributed by atoms with E-state index in [1.54, 1.807) is 6.20 Å². The molecule has 1 N–H and O–H groups in total. The molecule has 5 nitrogen and oxygen atoms in total. The van der Waals surface area contributed by atoms with Crippen molar-refractivity contribution in [2.45, 2.75) is 38.5 Å². The van der Waals surface area contributed by atoms with Gasteiger partial charge in [0.05, 0.1) is 6.61 Å². The highest BCUT2D eigenvalue weighted by molar-refractivity contribution is 5.33. The zero-order chi connectivity index (χ0) is 20.1. The number of aliphatic hydroxyl groups excluding tert-OH is 1. The molecule has 0 saturated heterocycles. The average Bonchev–Trinajstić information content (AvgIpc) is 3.17. The first kappa shape index (κ1) is 19.7. The molecule has 3 aromatic rings. The molecule has 1 atom stereocenters. The summed E-state index contributed by atoms with van der Waals surface area (Å²) in [6.45, 7) is 2.12. The van der Waals surface area contributed by atoms with E-state index in [1.807, 2.05) is 29.9 Å². The molecular formula is C24H29N3O2. The first-order chi connectivity index (χ1) is 14.2. The third kappa shape index (κ3) is 4.69. The lowest BCUT2D eigenvalue weighted by molar-refractivity contribution is 0.131. The summed E-state index contributed by atoms with van der Waals surface area (Å²) in [6.07, 6.45) is 7.19. The Morgan fingerprint density at radius 1 is 1.17 bits per heavy atom. The lowest BCUT2D eigenvalue weighted by atomic mass is 9.86. The van der Waals surface area contributed by atoms with Crippen LogP contribution in [0.5, 0.6) is 5.75 Å². The molecule has 1 aliphatic rings. The van der Waals surface area contributed by atoms with Crippen LogP contribution in [0.4, 0.5) is 0 Å². The third-order valence-electron chi connectivity index (χ3n) is 5.76. The maximum atomic E-state index is 9.65. The van der Waals surface area contributed by atoms with Crippen LogP contribution in [0, 0.1) is 0 Å². The van der Waals surface area contributed by atoms with Crippen molar-refractivity contribution in [2.24, 2.45) is 7.05 Å². The van der Waals surface area contributed by atoms with E-state index < -0.39 is 0 Å². The minimum absolute atomic E-state index is 0.170. The second-order valence-corrected chi connectivity index (χ2v) is 7.69. The number of nitrogens with zero attached hydrogens (tertiary/aromatic N) is 3. The predicted octanol–water partition coefficient (Wildman–Crippen LogP) is 3.87. The Hall–Kier alpha value is -2.63. The molecule has 29 heavy (non-hydrogen) atoms. The Morgan fingerprint density at radius 2 is 2.00 bits per heavy atom. The summed E-state index contributed by atoms with van der Waals surface area (Å²) in [7, 11) is 1.97. The van der Waals surface area contributed by atoms with Crippen molar-refractivity contribution in [1.29, 1.82) is 0 Å². The molecule has 0 radical (unpaired) electrons. The van der Waals surface area contributed by atoms with Gasteiger partial charge in [-0.2, -0.15) is 0 Å². The third-order valence-corrected chi connectivity index (χ3v) is 5.76. The van der Waals surface area contributed by atoms with Crippen molar-refractivity contribution in [3.8, 4) is 5.75 Å². The Bertz CT molecular complexity index is 920. The van der Waals surface area contributed by atoms with E-state index >= 15 is 0 Å². The number of fused-ring (bicyclic) bond motifs is 1. The molecule has 1 heterocycles. The van der Waals surface area contributed by atoms with Crippen LogP contribution in [0.25, 0.3) is 0 Å². The van der Waals surface area contributed by atoms with E-state index in [-0.39, 0.29) is 6.61 Å². The Kier molecular flexibility index (Phi) is 6.27. The number of aryl methyl sites for hydroxylation is 2. The quantitative estimate of drug-likeness (QED) is 0.633. The maximum Gasteiger partial charge on any atom is 0.146 e. The van der Waals surface area contributed by atoms with Crippen molar-refractivity contribution in [1.82, 2.24) is 14.5 Å². The van der Waals surface area contributed by atoms with Gasteiger partial charge in [0.25, 0.3) is 0 Å². The molecule has 1 aromatic heterocycles. The highest BCUT2D eigenvalue weighted by Gasteiger charge is 2.25. The monoisotopic (exact) mass is 391 g/mol. The normalized spacial score (nSPS) is 16.0. The van der Waals surface area contributed by atoms with Crippen molar-refractivity contribution in [3.05, 3.63) is 83.4 Å². The summed E-state index contributed by atoms with van der Waals surface area (Å²) in [4.78, 5) is 6.69. The molecule has 1 aliphatic carbocycles. The topological polar surface area (TPSA) is 50.5 Å². The first-order valence-corrected chi connectivity index (χ1v) is 10.4. The second kappa shape index (κ2) is 9.25. The molecule has 0 amide bonds. The standard InChI is InChI=1S/C24H29N3O2/c1-26-14-13-25-24(26)18-29-21-11-9-19(10-12-21)17-27(15-16-28)23-8-4-6-20-5-2-3-7-22(20)23/h2-3,5,7,9-14,23,28H,4,6,8,15-18H2,1H3/t23-/m1/s1. The number of imidazole rings is 1. The van der Waals surface area contributed by atoms with E-state index in [1.165, 1.54) is 23.1 Å². The van der Waals surface area contributed by atoms with E-state index in [2.05, 4.69) is 46.3 Å². The van der Waals surface area contributed by atoms with Crippen LogP contribution in [-0.2, 0) is 26.6 Å². The fourth-order valence-electron chi connectivity index (χ4n) is 4.19. The molecule has 0 bridgehead atoms. The van der Waals surface area contributed by atoms with Crippen molar-refractivity contribution in [2.75, 3.05) is 13.2 Å². The largest absolute Gasteiger partial charge is 0.486 e. The van der Waals surface area contributed by atoms with Crippen LogP contribution in [0.15, 0.2) is 60.9 Å². The van der Waals surface area contributed by atoms with Gasteiger partial charge in [0.1, 0.15) is 18.2 Å². The first-order valence-electron chi connectivity index (χ1n) is 10.4. The van der Waals surface area contributed by atoms with E-state index in [0.29, 0.717) is 19.2 Å². The number of aromatic nitrogens is 2. The van der Waals surface area contributed by atoms with Crippen LogP contribution in [0.3, 0.4) is 0 Å². The summed E-state index contributed by atoms with van der Waals surface area (Å²) < 4.78 is 7.83. The van der Waals surface area contributed by atoms with Gasteiger partial charge in [0.15, 0.2) is 0 Å². The van der Waals surface area contributed by atoms with Gasteiger partial charge >= 0.3 is 0 Å². The molecule has 5 heteroatoms. The van der Waals surface area contributed by atoms with Gasteiger partial charge in [-0.05, 0) is 48.1 Å². The van der Waals surface area contributed by atoms with Gasteiger partial charge in [-0.25, -0.2) is 4.98 Å². The highest BCUT2D eigenvalue weighted by Crippen LogP contribution is 2.35. The Balaban J connectivity index is 1.43. The van der Waals surface area contributed by atoms with Gasteiger partial charge in [-0.3, -0.25) is 4.90 Å². The number of ether oxygens (including phenoxy) is 1. The van der Waals surface area contributed by atoms with Crippen LogP contribution in [-0.4, -0.2) is 32.7 Å². The summed E-state index contributed by atoms with van der Waals surface area (Å²) >= 11 is 0. The van der Waals surface area contributed by atoms with Gasteiger partial charge in [-0.15, -0.1) is 0 Å². The van der Waals surface area contributed by atoms with E-state index in [9.17, 15) is 5.11 Å². The van der Waals surface area contributed by atoms with Crippen LogP contribution in [0.2, 0.25) is 0 Å². The molecule has 2 aromatic carbocycles. The summed E-state index contributed by atoms with van der Waals surface area (Å²) in [5, 5.41) is 9.65. The lowest BCUT2D eigenvalue weighted by Gasteiger charge is -2.35. The lowest BCUT2D eigenvalue weighted by Crippen LogP contribution is -2.33. The maximum absolute atomic E-state index is 9.65. The van der Waals surface area contributed by atoms with E-state index in [4.69, 9.17) is 4.74 Å². The van der Waals surface area contributed by atoms with Gasteiger partial charge in [-0.1, -0.05) is 36.4 Å². The smallest absolute Gasteiger partial charge is 0.146 e. The fraction of sp³-hybridized carbons (Fsp3) is 0.375. The Labute approximate surface area is 172 Å². The molecular weight excluding hydrogens is 362 g/mol. The predicted molar refractivity (Wildman–Crippen MR) is 114 cm³/mol. The molecule has 0 saturated carbocycles. The molecule has 0 unspecified atom stereocenters. The molecule has 152 valence electrons. The minimum Gasteiger partial charge on any atom is -0.486 e. The average molecular weight is 392 g/mol. The van der Waals surface area contributed by atoms with Crippen LogP contribution in [0.1, 0.15) is 41.4 Å².